The Labute approximate surface area is 118 Å². The van der Waals surface area contributed by atoms with Crippen molar-refractivity contribution in [1.29, 1.82) is 0 Å². The lowest BCUT2D eigenvalue weighted by atomic mass is 9.87. The molecule has 1 saturated carbocycles. The van der Waals surface area contributed by atoms with Gasteiger partial charge in [-0.15, -0.1) is 0 Å². The average molecular weight is 259 g/mol. The van der Waals surface area contributed by atoms with Crippen molar-refractivity contribution < 1.29 is 0 Å². The molecule has 1 N–H and O–H groups in total. The second-order valence-electron chi connectivity index (χ2n) is 7.12. The predicted molar refractivity (Wildman–Crippen MR) is 83.5 cm³/mol. The zero-order chi connectivity index (χ0) is 13.7. The van der Waals surface area contributed by atoms with Gasteiger partial charge in [-0.3, -0.25) is 0 Å². The monoisotopic (exact) mass is 259 g/mol. The van der Waals surface area contributed by atoms with E-state index in [9.17, 15) is 0 Å². The molecule has 0 heterocycles. The van der Waals surface area contributed by atoms with Crippen LogP contribution in [0.25, 0.3) is 0 Å². The molecular weight excluding hydrogens is 230 g/mol. The predicted octanol–water partition coefficient (Wildman–Crippen LogP) is 4.74. The molecule has 0 aliphatic heterocycles. The van der Waals surface area contributed by atoms with Crippen LogP contribution >= 0.6 is 0 Å². The Morgan fingerprint density at radius 1 is 1.11 bits per heavy atom. The van der Waals surface area contributed by atoms with Gasteiger partial charge in [0.2, 0.25) is 0 Å². The Bertz CT molecular complexity index is 357. The lowest BCUT2D eigenvalue weighted by Crippen LogP contribution is -2.38. The minimum absolute atomic E-state index is 0.211. The first-order valence-electron chi connectivity index (χ1n) is 7.84. The summed E-state index contributed by atoms with van der Waals surface area (Å²) in [6.07, 6.45) is 7.13. The number of hydrogen-bond donors (Lipinski definition) is 1. The second-order valence-corrected chi connectivity index (χ2v) is 7.12. The Morgan fingerprint density at radius 2 is 1.74 bits per heavy atom. The number of rotatable bonds is 5. The van der Waals surface area contributed by atoms with Gasteiger partial charge in [0, 0.05) is 12.1 Å². The van der Waals surface area contributed by atoms with Crippen LogP contribution in [0.3, 0.4) is 0 Å². The van der Waals surface area contributed by atoms with Gasteiger partial charge in [0.15, 0.2) is 0 Å². The maximum Gasteiger partial charge on any atom is 0.00967 e. The second kappa shape index (κ2) is 6.56. The van der Waals surface area contributed by atoms with Crippen LogP contribution in [0.4, 0.5) is 0 Å². The van der Waals surface area contributed by atoms with Crippen LogP contribution < -0.4 is 5.32 Å². The largest absolute Gasteiger partial charge is 0.311 e. The number of nitrogens with one attached hydrogen (secondary N) is 1. The normalized spacial score (nSPS) is 18.7. The first-order chi connectivity index (χ1) is 9.04. The zero-order valence-corrected chi connectivity index (χ0v) is 12.8. The average Bonchev–Trinajstić information content (AvgIpc) is 2.87. The maximum atomic E-state index is 3.69. The first-order valence-corrected chi connectivity index (χ1v) is 7.84. The van der Waals surface area contributed by atoms with Gasteiger partial charge in [-0.2, -0.15) is 0 Å². The molecule has 1 aromatic carbocycles. The van der Waals surface area contributed by atoms with E-state index in [0.29, 0.717) is 5.92 Å². The van der Waals surface area contributed by atoms with Gasteiger partial charge in [-0.05, 0) is 44.6 Å². The zero-order valence-electron chi connectivity index (χ0n) is 12.8. The van der Waals surface area contributed by atoms with Crippen LogP contribution in [0, 0.1) is 5.92 Å². The van der Waals surface area contributed by atoms with E-state index in [2.05, 4.69) is 56.4 Å². The fraction of sp³-hybridized carbons (Fsp3) is 0.667. The van der Waals surface area contributed by atoms with Crippen LogP contribution in [-0.4, -0.2) is 12.1 Å². The summed E-state index contributed by atoms with van der Waals surface area (Å²) in [6.45, 7) is 7.86. The van der Waals surface area contributed by atoms with E-state index < -0.39 is 0 Å². The number of hydrogen-bond acceptors (Lipinski definition) is 1. The molecule has 0 radical (unpaired) electrons. The molecule has 1 fully saturated rings. The van der Waals surface area contributed by atoms with Gasteiger partial charge < -0.3 is 5.32 Å². The topological polar surface area (TPSA) is 12.0 Å². The van der Waals surface area contributed by atoms with Crippen molar-refractivity contribution in [2.45, 2.75) is 64.3 Å². The van der Waals surface area contributed by atoms with Crippen molar-refractivity contribution in [3.8, 4) is 0 Å². The molecule has 1 aliphatic rings. The fourth-order valence-electron chi connectivity index (χ4n) is 3.14. The molecule has 0 spiro atoms. The minimum atomic E-state index is 0.211. The lowest BCUT2D eigenvalue weighted by Gasteiger charge is -2.27. The van der Waals surface area contributed by atoms with Crippen molar-refractivity contribution >= 4 is 0 Å². The van der Waals surface area contributed by atoms with Crippen LogP contribution in [0.5, 0.6) is 0 Å². The van der Waals surface area contributed by atoms with E-state index in [1.165, 1.54) is 37.7 Å². The molecule has 1 aromatic rings. The SMILES string of the molecule is CC(C)(C)NCC(CC1CCCC1)c1ccccc1. The van der Waals surface area contributed by atoms with E-state index in [1.807, 2.05) is 0 Å². The number of benzene rings is 1. The van der Waals surface area contributed by atoms with Gasteiger partial charge in [-0.1, -0.05) is 56.0 Å². The molecule has 0 saturated heterocycles. The summed E-state index contributed by atoms with van der Waals surface area (Å²) < 4.78 is 0. The smallest absolute Gasteiger partial charge is 0.00967 e. The van der Waals surface area contributed by atoms with Crippen LogP contribution in [0.15, 0.2) is 30.3 Å². The van der Waals surface area contributed by atoms with Crippen LogP contribution in [0.2, 0.25) is 0 Å². The van der Waals surface area contributed by atoms with E-state index >= 15 is 0 Å². The molecule has 1 heteroatoms. The molecule has 1 aliphatic carbocycles. The van der Waals surface area contributed by atoms with E-state index in [-0.39, 0.29) is 5.54 Å². The van der Waals surface area contributed by atoms with Crippen LogP contribution in [-0.2, 0) is 0 Å². The third-order valence-corrected chi connectivity index (χ3v) is 4.24. The maximum absolute atomic E-state index is 3.69. The highest BCUT2D eigenvalue weighted by molar-refractivity contribution is 5.20. The van der Waals surface area contributed by atoms with Gasteiger partial charge in [0.1, 0.15) is 0 Å². The van der Waals surface area contributed by atoms with E-state index in [1.54, 1.807) is 0 Å². The Balaban J connectivity index is 2.00. The van der Waals surface area contributed by atoms with Gasteiger partial charge in [0.25, 0.3) is 0 Å². The summed E-state index contributed by atoms with van der Waals surface area (Å²) in [6, 6.07) is 11.1. The molecule has 0 aromatic heterocycles. The summed E-state index contributed by atoms with van der Waals surface area (Å²) in [7, 11) is 0. The standard InChI is InChI=1S/C18H29N/c1-18(2,3)19-14-17(13-15-9-7-8-10-15)16-11-5-4-6-12-16/h4-6,11-12,15,17,19H,7-10,13-14H2,1-3H3. The van der Waals surface area contributed by atoms with E-state index in [0.717, 1.165) is 12.5 Å². The summed E-state index contributed by atoms with van der Waals surface area (Å²) in [4.78, 5) is 0. The fourth-order valence-corrected chi connectivity index (χ4v) is 3.14. The Hall–Kier alpha value is -0.820. The van der Waals surface area contributed by atoms with Crippen molar-refractivity contribution in [3.05, 3.63) is 35.9 Å². The molecule has 1 nitrogen and oxygen atoms in total. The molecule has 1 unspecified atom stereocenters. The lowest BCUT2D eigenvalue weighted by molar-refractivity contribution is 0.368. The minimum Gasteiger partial charge on any atom is -0.311 e. The third kappa shape index (κ3) is 4.99. The molecule has 2 rings (SSSR count). The molecular formula is C18H29N. The van der Waals surface area contributed by atoms with Crippen molar-refractivity contribution in [2.24, 2.45) is 5.92 Å². The van der Waals surface area contributed by atoms with Gasteiger partial charge in [0.05, 0.1) is 0 Å². The van der Waals surface area contributed by atoms with Gasteiger partial charge in [-0.25, -0.2) is 0 Å². The molecule has 1 atom stereocenters. The Morgan fingerprint density at radius 3 is 2.32 bits per heavy atom. The third-order valence-electron chi connectivity index (χ3n) is 4.24. The summed E-state index contributed by atoms with van der Waals surface area (Å²) in [5.41, 5.74) is 1.72. The summed E-state index contributed by atoms with van der Waals surface area (Å²) in [5, 5.41) is 3.69. The summed E-state index contributed by atoms with van der Waals surface area (Å²) in [5.74, 6) is 1.62. The van der Waals surface area contributed by atoms with Gasteiger partial charge >= 0.3 is 0 Å². The molecule has 19 heavy (non-hydrogen) atoms. The summed E-state index contributed by atoms with van der Waals surface area (Å²) >= 11 is 0. The molecule has 0 bridgehead atoms. The van der Waals surface area contributed by atoms with Crippen LogP contribution in [0.1, 0.15) is 64.4 Å². The first kappa shape index (κ1) is 14.6. The highest BCUT2D eigenvalue weighted by Crippen LogP contribution is 2.34. The highest BCUT2D eigenvalue weighted by atomic mass is 14.9. The van der Waals surface area contributed by atoms with E-state index in [4.69, 9.17) is 0 Å². The Kier molecular flexibility index (Phi) is 5.04. The quantitative estimate of drug-likeness (QED) is 0.805. The molecule has 106 valence electrons. The van der Waals surface area contributed by atoms with Crippen molar-refractivity contribution in [2.75, 3.05) is 6.54 Å². The van der Waals surface area contributed by atoms with Crippen molar-refractivity contribution in [1.82, 2.24) is 5.32 Å². The van der Waals surface area contributed by atoms with Crippen molar-refractivity contribution in [3.63, 3.8) is 0 Å². The highest BCUT2D eigenvalue weighted by Gasteiger charge is 2.22. The molecule has 0 amide bonds.